The molecule has 0 aliphatic heterocycles. The molecule has 3 aromatic rings. The van der Waals surface area contributed by atoms with Crippen LogP contribution in [0.3, 0.4) is 0 Å². The van der Waals surface area contributed by atoms with E-state index < -0.39 is 34.5 Å². The number of benzene rings is 2. The fourth-order valence-electron chi connectivity index (χ4n) is 2.56. The van der Waals surface area contributed by atoms with Gasteiger partial charge >= 0.3 is 6.18 Å². The number of carbonyl (C=O) groups excluding carboxylic acids is 1. The second-order valence-electron chi connectivity index (χ2n) is 6.36. The molecule has 1 heterocycles. The fraction of sp³-hybridized carbons (Fsp3) is 0.158. The number of alkyl halides is 3. The molecule has 3 rings (SSSR count). The lowest BCUT2D eigenvalue weighted by molar-refractivity contribution is -0.123. The quantitative estimate of drug-likeness (QED) is 0.521. The number of rotatable bonds is 6. The summed E-state index contributed by atoms with van der Waals surface area (Å²) in [7, 11) is -4.06. The van der Waals surface area contributed by atoms with E-state index in [-0.39, 0.29) is 15.6 Å². The van der Waals surface area contributed by atoms with Gasteiger partial charge in [0.2, 0.25) is 0 Å². The topological polar surface area (TPSA) is 88.2 Å². The average molecular weight is 473 g/mol. The third kappa shape index (κ3) is 5.79. The van der Waals surface area contributed by atoms with E-state index in [4.69, 9.17) is 0 Å². The van der Waals surface area contributed by atoms with Gasteiger partial charge in [-0.3, -0.25) is 9.52 Å². The molecule has 164 valence electrons. The highest BCUT2D eigenvalue weighted by atomic mass is 32.2. The Morgan fingerprint density at radius 2 is 1.68 bits per heavy atom. The van der Waals surface area contributed by atoms with Crippen molar-refractivity contribution in [3.63, 3.8) is 0 Å². The SMILES string of the molecule is Cc1sc(NS(=O)(=O)c2ccc(C(=O)NCC(F)(F)F)cc2)nc1-c1ccc(F)cc1. The first-order valence-electron chi connectivity index (χ1n) is 8.66. The molecule has 0 fully saturated rings. The number of sulfonamides is 1. The third-order valence-electron chi connectivity index (χ3n) is 4.01. The van der Waals surface area contributed by atoms with E-state index in [1.165, 1.54) is 24.3 Å². The summed E-state index contributed by atoms with van der Waals surface area (Å²) >= 11 is 1.09. The van der Waals surface area contributed by atoms with Crippen molar-refractivity contribution in [2.75, 3.05) is 11.3 Å². The van der Waals surface area contributed by atoms with Crippen LogP contribution in [0.2, 0.25) is 0 Å². The van der Waals surface area contributed by atoms with Crippen LogP contribution in [0, 0.1) is 12.7 Å². The van der Waals surface area contributed by atoms with Crippen molar-refractivity contribution in [3.8, 4) is 11.3 Å². The fourth-order valence-corrected chi connectivity index (χ4v) is 4.63. The van der Waals surface area contributed by atoms with Gasteiger partial charge in [0, 0.05) is 16.0 Å². The van der Waals surface area contributed by atoms with Gasteiger partial charge in [-0.05, 0) is 55.5 Å². The van der Waals surface area contributed by atoms with Crippen molar-refractivity contribution < 1.29 is 30.8 Å². The molecule has 1 amide bonds. The van der Waals surface area contributed by atoms with E-state index in [1.54, 1.807) is 12.2 Å². The highest BCUT2D eigenvalue weighted by molar-refractivity contribution is 7.93. The van der Waals surface area contributed by atoms with Crippen molar-refractivity contribution >= 4 is 32.4 Å². The molecule has 6 nitrogen and oxygen atoms in total. The zero-order valence-electron chi connectivity index (χ0n) is 15.8. The van der Waals surface area contributed by atoms with E-state index >= 15 is 0 Å². The lowest BCUT2D eigenvalue weighted by atomic mass is 10.1. The normalized spacial score (nSPS) is 11.9. The number of thiazole rings is 1. The molecule has 0 bridgehead atoms. The molecule has 2 N–H and O–H groups in total. The van der Waals surface area contributed by atoms with Crippen molar-refractivity contribution in [1.82, 2.24) is 10.3 Å². The van der Waals surface area contributed by atoms with Crippen molar-refractivity contribution in [1.29, 1.82) is 0 Å². The van der Waals surface area contributed by atoms with Crippen LogP contribution in [0.5, 0.6) is 0 Å². The molecule has 0 saturated heterocycles. The molecule has 2 aromatic carbocycles. The van der Waals surface area contributed by atoms with Crippen LogP contribution in [0.4, 0.5) is 22.7 Å². The Labute approximate surface area is 179 Å². The summed E-state index contributed by atoms with van der Waals surface area (Å²) in [6.07, 6.45) is -4.55. The number of amides is 1. The molecule has 12 heteroatoms. The average Bonchev–Trinajstić information content (AvgIpc) is 3.05. The van der Waals surface area contributed by atoms with Crippen molar-refractivity contribution in [3.05, 3.63) is 64.8 Å². The molecule has 0 saturated carbocycles. The second kappa shape index (κ2) is 8.63. The first-order valence-corrected chi connectivity index (χ1v) is 11.0. The number of aromatic nitrogens is 1. The maximum Gasteiger partial charge on any atom is 0.405 e. The van der Waals surface area contributed by atoms with Crippen LogP contribution in [0.25, 0.3) is 11.3 Å². The van der Waals surface area contributed by atoms with Crippen LogP contribution in [0.15, 0.2) is 53.4 Å². The van der Waals surface area contributed by atoms with Crippen molar-refractivity contribution in [2.45, 2.75) is 18.0 Å². The van der Waals surface area contributed by atoms with Crippen LogP contribution < -0.4 is 10.0 Å². The number of anilines is 1. The third-order valence-corrected chi connectivity index (χ3v) is 6.38. The lowest BCUT2D eigenvalue weighted by Gasteiger charge is -2.09. The molecule has 0 aliphatic carbocycles. The van der Waals surface area contributed by atoms with Gasteiger partial charge in [0.1, 0.15) is 12.4 Å². The first-order chi connectivity index (χ1) is 14.4. The minimum Gasteiger partial charge on any atom is -0.343 e. The summed E-state index contributed by atoms with van der Waals surface area (Å²) in [5, 5.41) is 1.79. The zero-order valence-corrected chi connectivity index (χ0v) is 17.5. The Bertz CT molecular complexity index is 1190. The van der Waals surface area contributed by atoms with Gasteiger partial charge in [0.05, 0.1) is 10.6 Å². The summed E-state index contributed by atoms with van der Waals surface area (Å²) in [6, 6.07) is 10.0. The van der Waals surface area contributed by atoms with Gasteiger partial charge in [-0.1, -0.05) is 0 Å². The molecule has 0 atom stereocenters. The van der Waals surface area contributed by atoms with E-state index in [0.29, 0.717) is 16.1 Å². The number of hydrogen-bond donors (Lipinski definition) is 2. The molecular weight excluding hydrogens is 458 g/mol. The van der Waals surface area contributed by atoms with Crippen LogP contribution in [-0.4, -0.2) is 32.0 Å². The molecule has 31 heavy (non-hydrogen) atoms. The predicted molar refractivity (Wildman–Crippen MR) is 108 cm³/mol. The largest absolute Gasteiger partial charge is 0.405 e. The molecule has 1 aromatic heterocycles. The Kier molecular flexibility index (Phi) is 6.32. The second-order valence-corrected chi connectivity index (χ2v) is 9.24. The maximum atomic E-state index is 13.1. The van der Waals surface area contributed by atoms with Crippen molar-refractivity contribution in [2.24, 2.45) is 0 Å². The summed E-state index contributed by atoms with van der Waals surface area (Å²) in [5.74, 6) is -1.39. The van der Waals surface area contributed by atoms with E-state index in [1.807, 2.05) is 0 Å². The summed E-state index contributed by atoms with van der Waals surface area (Å²) in [4.78, 5) is 16.5. The van der Waals surface area contributed by atoms with Crippen LogP contribution in [0.1, 0.15) is 15.2 Å². The Hall–Kier alpha value is -2.99. The molecule has 0 spiro atoms. The van der Waals surface area contributed by atoms with E-state index in [9.17, 15) is 30.8 Å². The smallest absolute Gasteiger partial charge is 0.343 e. The molecule has 0 radical (unpaired) electrons. The summed E-state index contributed by atoms with van der Waals surface area (Å²) < 4.78 is 77.2. The molecular formula is C19H15F4N3O3S2. The number of aryl methyl sites for hydroxylation is 1. The number of hydrogen-bond acceptors (Lipinski definition) is 5. The summed E-state index contributed by atoms with van der Waals surface area (Å²) in [5.41, 5.74) is 1.00. The van der Waals surface area contributed by atoms with Gasteiger partial charge in [0.25, 0.3) is 15.9 Å². The Balaban J connectivity index is 1.75. The number of carbonyl (C=O) groups is 1. The number of nitrogens with zero attached hydrogens (tertiary/aromatic N) is 1. The highest BCUT2D eigenvalue weighted by Crippen LogP contribution is 2.31. The van der Waals surface area contributed by atoms with Crippen LogP contribution in [-0.2, 0) is 10.0 Å². The van der Waals surface area contributed by atoms with E-state index in [0.717, 1.165) is 35.6 Å². The monoisotopic (exact) mass is 473 g/mol. The summed E-state index contributed by atoms with van der Waals surface area (Å²) in [6.45, 7) is 0.246. The van der Waals surface area contributed by atoms with Crippen LogP contribution >= 0.6 is 11.3 Å². The zero-order chi connectivity index (χ0) is 22.8. The lowest BCUT2D eigenvalue weighted by Crippen LogP contribution is -2.33. The van der Waals surface area contributed by atoms with Gasteiger partial charge in [-0.2, -0.15) is 13.2 Å². The predicted octanol–water partition coefficient (Wildman–Crippen LogP) is 4.35. The maximum absolute atomic E-state index is 13.1. The molecule has 0 aliphatic rings. The Morgan fingerprint density at radius 3 is 2.26 bits per heavy atom. The first kappa shape index (κ1) is 22.7. The van der Waals surface area contributed by atoms with Gasteiger partial charge < -0.3 is 5.32 Å². The highest BCUT2D eigenvalue weighted by Gasteiger charge is 2.28. The molecule has 0 unspecified atom stereocenters. The minimum atomic E-state index is -4.55. The Morgan fingerprint density at radius 1 is 1.06 bits per heavy atom. The van der Waals surface area contributed by atoms with E-state index in [2.05, 4.69) is 9.71 Å². The standard InChI is InChI=1S/C19H15F4N3O3S2/c1-11-16(12-2-6-14(20)7-3-12)25-18(30-11)26-31(28,29)15-8-4-13(5-9-15)17(27)24-10-19(21,22)23/h2-9H,10H2,1H3,(H,24,27)(H,25,26). The number of nitrogens with one attached hydrogen (secondary N) is 2. The number of halogens is 4. The van der Waals surface area contributed by atoms with Gasteiger partial charge in [-0.15, -0.1) is 11.3 Å². The van der Waals surface area contributed by atoms with Gasteiger partial charge in [0.15, 0.2) is 5.13 Å². The van der Waals surface area contributed by atoms with Gasteiger partial charge in [-0.25, -0.2) is 17.8 Å². The minimum absolute atomic E-state index is 0.0869.